The number of likely N-dealkylation sites (tertiary alicyclic amines) is 1. The number of benzene rings is 1. The number of nitrogens with zero attached hydrogens (tertiary/aromatic N) is 1. The summed E-state index contributed by atoms with van der Waals surface area (Å²) < 4.78 is 13.6. The van der Waals surface area contributed by atoms with Gasteiger partial charge in [-0.25, -0.2) is 4.39 Å². The third-order valence-corrected chi connectivity index (χ3v) is 3.60. The Morgan fingerprint density at radius 3 is 2.95 bits per heavy atom. The van der Waals surface area contributed by atoms with E-state index in [1.54, 1.807) is 6.07 Å². The molecule has 0 bridgehead atoms. The highest BCUT2D eigenvalue weighted by Crippen LogP contribution is 2.20. The Morgan fingerprint density at radius 1 is 1.37 bits per heavy atom. The van der Waals surface area contributed by atoms with Crippen LogP contribution in [-0.4, -0.2) is 29.2 Å². The molecular formula is C16H20FNO. The summed E-state index contributed by atoms with van der Waals surface area (Å²) >= 11 is 0. The van der Waals surface area contributed by atoms with Gasteiger partial charge in [-0.05, 0) is 50.1 Å². The Kier molecular flexibility index (Phi) is 4.95. The monoisotopic (exact) mass is 261 g/mol. The second kappa shape index (κ2) is 6.70. The molecule has 0 amide bonds. The second-order valence-electron chi connectivity index (χ2n) is 5.12. The first-order valence-electron chi connectivity index (χ1n) is 6.82. The van der Waals surface area contributed by atoms with Crippen molar-refractivity contribution in [1.29, 1.82) is 0 Å². The maximum atomic E-state index is 13.6. The molecule has 1 aliphatic heterocycles. The van der Waals surface area contributed by atoms with Crippen molar-refractivity contribution in [1.82, 2.24) is 4.90 Å². The standard InChI is InChI=1S/C16H20FNO/c1-13-5-2-3-7-18(13)12-15-9-14(6-4-8-19)10-16(17)11-15/h9-11,13,19H,2-3,5,7-8,12H2,1H3. The molecule has 0 radical (unpaired) electrons. The fraction of sp³-hybridized carbons (Fsp3) is 0.500. The topological polar surface area (TPSA) is 23.5 Å². The van der Waals surface area contributed by atoms with Gasteiger partial charge in [0, 0.05) is 18.2 Å². The molecule has 2 nitrogen and oxygen atoms in total. The van der Waals surface area contributed by atoms with Crippen molar-refractivity contribution in [3.05, 3.63) is 35.1 Å². The fourth-order valence-corrected chi connectivity index (χ4v) is 2.58. The van der Waals surface area contributed by atoms with Crippen LogP contribution in [0.25, 0.3) is 0 Å². The predicted molar refractivity (Wildman–Crippen MR) is 74.1 cm³/mol. The first kappa shape index (κ1) is 14.0. The molecule has 0 spiro atoms. The van der Waals surface area contributed by atoms with Gasteiger partial charge in [0.1, 0.15) is 12.4 Å². The maximum Gasteiger partial charge on any atom is 0.124 e. The molecule has 2 rings (SSSR count). The van der Waals surface area contributed by atoms with Gasteiger partial charge < -0.3 is 5.11 Å². The molecule has 1 aromatic rings. The lowest BCUT2D eigenvalue weighted by Crippen LogP contribution is -2.36. The second-order valence-corrected chi connectivity index (χ2v) is 5.12. The number of hydrogen-bond donors (Lipinski definition) is 1. The van der Waals surface area contributed by atoms with Gasteiger partial charge in [-0.2, -0.15) is 0 Å². The van der Waals surface area contributed by atoms with Crippen molar-refractivity contribution >= 4 is 0 Å². The van der Waals surface area contributed by atoms with Crippen molar-refractivity contribution in [2.75, 3.05) is 13.2 Å². The summed E-state index contributed by atoms with van der Waals surface area (Å²) in [4.78, 5) is 2.39. The highest BCUT2D eigenvalue weighted by atomic mass is 19.1. The number of rotatable bonds is 2. The summed E-state index contributed by atoms with van der Waals surface area (Å²) in [5.41, 5.74) is 1.59. The van der Waals surface area contributed by atoms with Crippen LogP contribution in [-0.2, 0) is 6.54 Å². The Hall–Kier alpha value is -1.37. The van der Waals surface area contributed by atoms with Crippen LogP contribution in [0.1, 0.15) is 37.3 Å². The quantitative estimate of drug-likeness (QED) is 0.827. The van der Waals surface area contributed by atoms with Crippen molar-refractivity contribution in [3.63, 3.8) is 0 Å². The van der Waals surface area contributed by atoms with Gasteiger partial charge >= 0.3 is 0 Å². The number of halogens is 1. The molecular weight excluding hydrogens is 241 g/mol. The van der Waals surface area contributed by atoms with Crippen molar-refractivity contribution in [2.45, 2.75) is 38.8 Å². The van der Waals surface area contributed by atoms with Gasteiger partial charge in [0.2, 0.25) is 0 Å². The minimum Gasteiger partial charge on any atom is -0.384 e. The summed E-state index contributed by atoms with van der Waals surface area (Å²) in [6.07, 6.45) is 3.72. The van der Waals surface area contributed by atoms with Gasteiger partial charge in [0.05, 0.1) is 0 Å². The van der Waals surface area contributed by atoms with E-state index in [2.05, 4.69) is 23.7 Å². The van der Waals surface area contributed by atoms with E-state index in [0.29, 0.717) is 11.6 Å². The molecule has 1 heterocycles. The molecule has 19 heavy (non-hydrogen) atoms. The van der Waals surface area contributed by atoms with Crippen LogP contribution in [0, 0.1) is 17.7 Å². The van der Waals surface area contributed by atoms with E-state index in [1.165, 1.54) is 25.3 Å². The average molecular weight is 261 g/mol. The Bertz CT molecular complexity index is 489. The lowest BCUT2D eigenvalue weighted by molar-refractivity contribution is 0.152. The zero-order chi connectivity index (χ0) is 13.7. The predicted octanol–water partition coefficient (Wildman–Crippen LogP) is 2.54. The third kappa shape index (κ3) is 4.05. The number of aliphatic hydroxyl groups is 1. The number of aliphatic hydroxyl groups excluding tert-OH is 1. The van der Waals surface area contributed by atoms with Crippen molar-refractivity contribution in [2.24, 2.45) is 0 Å². The molecule has 0 aliphatic carbocycles. The summed E-state index contributed by atoms with van der Waals surface area (Å²) in [6.45, 7) is 3.88. The molecule has 3 heteroatoms. The molecule has 1 N–H and O–H groups in total. The molecule has 1 saturated heterocycles. The first-order valence-corrected chi connectivity index (χ1v) is 6.82. The van der Waals surface area contributed by atoms with Gasteiger partial charge in [-0.1, -0.05) is 18.3 Å². The molecule has 0 aromatic heterocycles. The molecule has 1 aromatic carbocycles. The highest BCUT2D eigenvalue weighted by molar-refractivity contribution is 5.37. The van der Waals surface area contributed by atoms with Crippen LogP contribution in [0.5, 0.6) is 0 Å². The van der Waals surface area contributed by atoms with Crippen LogP contribution in [0.15, 0.2) is 18.2 Å². The maximum absolute atomic E-state index is 13.6. The Morgan fingerprint density at radius 2 is 2.21 bits per heavy atom. The minimum atomic E-state index is -0.260. The summed E-state index contributed by atoms with van der Waals surface area (Å²) in [7, 11) is 0. The van der Waals surface area contributed by atoms with Crippen LogP contribution < -0.4 is 0 Å². The smallest absolute Gasteiger partial charge is 0.124 e. The Balaban J connectivity index is 2.13. The lowest BCUT2D eigenvalue weighted by atomic mass is 10.0. The Labute approximate surface area is 114 Å². The molecule has 1 fully saturated rings. The number of hydrogen-bond acceptors (Lipinski definition) is 2. The first-order chi connectivity index (χ1) is 9.19. The van der Waals surface area contributed by atoms with Gasteiger partial charge in [0.15, 0.2) is 0 Å². The molecule has 0 saturated carbocycles. The van der Waals surface area contributed by atoms with E-state index in [9.17, 15) is 4.39 Å². The van der Waals surface area contributed by atoms with Crippen LogP contribution in [0.2, 0.25) is 0 Å². The lowest BCUT2D eigenvalue weighted by Gasteiger charge is -2.33. The molecule has 1 aliphatic rings. The zero-order valence-electron chi connectivity index (χ0n) is 11.3. The summed E-state index contributed by atoms with van der Waals surface area (Å²) in [6, 6.07) is 5.45. The molecule has 1 atom stereocenters. The van der Waals surface area contributed by atoms with E-state index >= 15 is 0 Å². The van der Waals surface area contributed by atoms with Crippen LogP contribution >= 0.6 is 0 Å². The summed E-state index contributed by atoms with van der Waals surface area (Å²) in [5, 5.41) is 8.69. The fourth-order valence-electron chi connectivity index (χ4n) is 2.58. The highest BCUT2D eigenvalue weighted by Gasteiger charge is 2.18. The van der Waals surface area contributed by atoms with E-state index in [-0.39, 0.29) is 12.4 Å². The van der Waals surface area contributed by atoms with Gasteiger partial charge in [-0.3, -0.25) is 4.90 Å². The molecule has 102 valence electrons. The SMILES string of the molecule is CC1CCCCN1Cc1cc(F)cc(C#CCO)c1. The van der Waals surface area contributed by atoms with Crippen LogP contribution in [0.3, 0.4) is 0 Å². The van der Waals surface area contributed by atoms with E-state index < -0.39 is 0 Å². The van der Waals surface area contributed by atoms with Gasteiger partial charge in [-0.15, -0.1) is 0 Å². The minimum absolute atomic E-state index is 0.199. The molecule has 1 unspecified atom stereocenters. The normalized spacial score (nSPS) is 19.8. The van der Waals surface area contributed by atoms with E-state index in [0.717, 1.165) is 18.7 Å². The number of piperidine rings is 1. The summed E-state index contributed by atoms with van der Waals surface area (Å²) in [5.74, 6) is 5.06. The van der Waals surface area contributed by atoms with Crippen molar-refractivity contribution < 1.29 is 9.50 Å². The van der Waals surface area contributed by atoms with Crippen molar-refractivity contribution in [3.8, 4) is 11.8 Å². The average Bonchev–Trinajstić information content (AvgIpc) is 2.38. The third-order valence-electron chi connectivity index (χ3n) is 3.60. The largest absolute Gasteiger partial charge is 0.384 e. The van der Waals surface area contributed by atoms with Crippen LogP contribution in [0.4, 0.5) is 4.39 Å². The van der Waals surface area contributed by atoms with Gasteiger partial charge in [0.25, 0.3) is 0 Å². The zero-order valence-corrected chi connectivity index (χ0v) is 11.3. The van der Waals surface area contributed by atoms with E-state index in [1.807, 2.05) is 6.07 Å². The van der Waals surface area contributed by atoms with E-state index in [4.69, 9.17) is 5.11 Å².